The highest BCUT2D eigenvalue weighted by atomic mass is 16.5. The Labute approximate surface area is 206 Å². The SMILES string of the molecule is CC(=O)OCC12CCC(OC(C)=O)CC1(O)CCC1C2CCC2(C)C(C3=CC(=O)OC3)CCC12O. The summed E-state index contributed by atoms with van der Waals surface area (Å²) in [5, 5.41) is 24.5. The number of carbonyl (C=O) groups excluding carboxylic acids is 3. The molecule has 35 heavy (non-hydrogen) atoms. The van der Waals surface area contributed by atoms with Gasteiger partial charge in [0.05, 0.1) is 17.8 Å². The number of hydrogen-bond acceptors (Lipinski definition) is 8. The van der Waals surface area contributed by atoms with Gasteiger partial charge < -0.3 is 24.4 Å². The van der Waals surface area contributed by atoms with Crippen LogP contribution in [0.5, 0.6) is 0 Å². The first-order valence-corrected chi connectivity index (χ1v) is 13.1. The van der Waals surface area contributed by atoms with Gasteiger partial charge in [-0.1, -0.05) is 6.92 Å². The van der Waals surface area contributed by atoms with Crippen molar-refractivity contribution in [3.05, 3.63) is 11.6 Å². The summed E-state index contributed by atoms with van der Waals surface area (Å²) in [6, 6.07) is 0. The first-order valence-electron chi connectivity index (χ1n) is 13.1. The molecule has 2 N–H and O–H groups in total. The van der Waals surface area contributed by atoms with Crippen LogP contribution >= 0.6 is 0 Å². The molecule has 0 saturated heterocycles. The molecular formula is C27H38O8. The van der Waals surface area contributed by atoms with Crippen LogP contribution in [0.1, 0.15) is 78.6 Å². The molecule has 0 amide bonds. The fourth-order valence-electron chi connectivity index (χ4n) is 9.03. The van der Waals surface area contributed by atoms with E-state index in [4.69, 9.17) is 14.2 Å². The number of esters is 3. The number of aliphatic hydroxyl groups is 2. The third-order valence-electron chi connectivity index (χ3n) is 10.6. The average Bonchev–Trinajstić information content (AvgIpc) is 3.31. The summed E-state index contributed by atoms with van der Waals surface area (Å²) in [7, 11) is 0. The van der Waals surface area contributed by atoms with Gasteiger partial charge in [-0.15, -0.1) is 0 Å². The number of cyclic esters (lactones) is 1. The number of fused-ring (bicyclic) bond motifs is 5. The fraction of sp³-hybridized carbons (Fsp3) is 0.815. The van der Waals surface area contributed by atoms with E-state index in [0.717, 1.165) is 24.8 Å². The summed E-state index contributed by atoms with van der Waals surface area (Å²) in [6.07, 6.45) is 6.83. The highest BCUT2D eigenvalue weighted by molar-refractivity contribution is 5.85. The molecule has 4 saturated carbocycles. The molecule has 4 aliphatic carbocycles. The van der Waals surface area contributed by atoms with E-state index in [2.05, 4.69) is 6.92 Å². The van der Waals surface area contributed by atoms with Crippen molar-refractivity contribution >= 4 is 17.9 Å². The van der Waals surface area contributed by atoms with Crippen molar-refractivity contribution in [1.82, 2.24) is 0 Å². The Kier molecular flexibility index (Phi) is 5.87. The van der Waals surface area contributed by atoms with E-state index in [1.165, 1.54) is 13.8 Å². The molecule has 194 valence electrons. The molecule has 0 bridgehead atoms. The van der Waals surface area contributed by atoms with Crippen molar-refractivity contribution in [1.29, 1.82) is 0 Å². The van der Waals surface area contributed by atoms with Crippen LogP contribution in [0.3, 0.4) is 0 Å². The summed E-state index contributed by atoms with van der Waals surface area (Å²) >= 11 is 0. The van der Waals surface area contributed by atoms with Crippen LogP contribution in [0.2, 0.25) is 0 Å². The fourth-order valence-corrected chi connectivity index (χ4v) is 9.03. The molecule has 1 heterocycles. The largest absolute Gasteiger partial charge is 0.465 e. The van der Waals surface area contributed by atoms with Gasteiger partial charge in [-0.25, -0.2) is 4.79 Å². The molecule has 1 aliphatic heterocycles. The molecule has 0 spiro atoms. The van der Waals surface area contributed by atoms with Crippen LogP contribution in [-0.4, -0.2) is 58.6 Å². The molecular weight excluding hydrogens is 452 g/mol. The zero-order chi connectivity index (χ0) is 25.2. The summed E-state index contributed by atoms with van der Waals surface area (Å²) < 4.78 is 16.3. The van der Waals surface area contributed by atoms with Crippen molar-refractivity contribution in [2.75, 3.05) is 13.2 Å². The van der Waals surface area contributed by atoms with Crippen molar-refractivity contribution in [3.63, 3.8) is 0 Å². The van der Waals surface area contributed by atoms with Crippen LogP contribution in [0.15, 0.2) is 11.6 Å². The Morgan fingerprint density at radius 2 is 1.77 bits per heavy atom. The van der Waals surface area contributed by atoms with Gasteiger partial charge >= 0.3 is 17.9 Å². The number of carbonyl (C=O) groups is 3. The van der Waals surface area contributed by atoms with Gasteiger partial charge in [0.15, 0.2) is 0 Å². The van der Waals surface area contributed by atoms with Gasteiger partial charge in [0.2, 0.25) is 0 Å². The maximum absolute atomic E-state index is 12.4. The Morgan fingerprint density at radius 3 is 2.43 bits per heavy atom. The highest BCUT2D eigenvalue weighted by Gasteiger charge is 2.71. The van der Waals surface area contributed by atoms with E-state index in [-0.39, 0.29) is 53.8 Å². The van der Waals surface area contributed by atoms with Crippen LogP contribution in [-0.2, 0) is 28.6 Å². The van der Waals surface area contributed by atoms with Crippen molar-refractivity contribution in [3.8, 4) is 0 Å². The van der Waals surface area contributed by atoms with Gasteiger partial charge in [0.1, 0.15) is 12.7 Å². The van der Waals surface area contributed by atoms with Gasteiger partial charge in [-0.05, 0) is 74.7 Å². The third kappa shape index (κ3) is 3.57. The molecule has 0 aromatic heterocycles. The first kappa shape index (κ1) is 24.8. The number of ether oxygens (including phenoxy) is 3. The second-order valence-electron chi connectivity index (χ2n) is 12.0. The lowest BCUT2D eigenvalue weighted by molar-refractivity contribution is -0.271. The lowest BCUT2D eigenvalue weighted by Gasteiger charge is -2.66. The van der Waals surface area contributed by atoms with Gasteiger partial charge in [0, 0.05) is 37.2 Å². The lowest BCUT2D eigenvalue weighted by Crippen LogP contribution is -2.69. The smallest absolute Gasteiger partial charge is 0.331 e. The summed E-state index contributed by atoms with van der Waals surface area (Å²) in [4.78, 5) is 35.3. The molecule has 0 radical (unpaired) electrons. The Hall–Kier alpha value is -1.93. The Bertz CT molecular complexity index is 959. The molecule has 0 aromatic carbocycles. The zero-order valence-corrected chi connectivity index (χ0v) is 21.0. The maximum atomic E-state index is 12.4. The van der Waals surface area contributed by atoms with Crippen LogP contribution < -0.4 is 0 Å². The predicted molar refractivity (Wildman–Crippen MR) is 124 cm³/mol. The van der Waals surface area contributed by atoms with Gasteiger partial charge in [-0.3, -0.25) is 9.59 Å². The molecule has 8 atom stereocenters. The van der Waals surface area contributed by atoms with Crippen LogP contribution in [0, 0.1) is 28.6 Å². The number of rotatable bonds is 4. The minimum absolute atomic E-state index is 0.0221. The molecule has 0 aromatic rings. The van der Waals surface area contributed by atoms with Crippen molar-refractivity contribution in [2.45, 2.75) is 95.9 Å². The average molecular weight is 491 g/mol. The summed E-state index contributed by atoms with van der Waals surface area (Å²) in [5.41, 5.74) is -2.18. The third-order valence-corrected chi connectivity index (χ3v) is 10.6. The van der Waals surface area contributed by atoms with Gasteiger partial charge in [-0.2, -0.15) is 0 Å². The summed E-state index contributed by atoms with van der Waals surface area (Å²) in [5.74, 6) is -1.03. The Balaban J connectivity index is 1.48. The van der Waals surface area contributed by atoms with Crippen LogP contribution in [0.25, 0.3) is 0 Å². The topological polar surface area (TPSA) is 119 Å². The van der Waals surface area contributed by atoms with Crippen molar-refractivity contribution in [2.24, 2.45) is 28.6 Å². The van der Waals surface area contributed by atoms with E-state index in [1.54, 1.807) is 6.08 Å². The van der Waals surface area contributed by atoms with E-state index in [0.29, 0.717) is 45.1 Å². The quantitative estimate of drug-likeness (QED) is 0.456. The van der Waals surface area contributed by atoms with Gasteiger partial charge in [0.25, 0.3) is 0 Å². The van der Waals surface area contributed by atoms with E-state index in [1.807, 2.05) is 0 Å². The molecule has 8 heteroatoms. The van der Waals surface area contributed by atoms with E-state index < -0.39 is 16.6 Å². The normalized spacial score (nSPS) is 46.5. The molecule has 4 fully saturated rings. The van der Waals surface area contributed by atoms with E-state index in [9.17, 15) is 24.6 Å². The minimum Gasteiger partial charge on any atom is -0.465 e. The molecule has 8 unspecified atom stereocenters. The molecule has 5 rings (SSSR count). The minimum atomic E-state index is -1.14. The number of hydrogen-bond donors (Lipinski definition) is 2. The monoisotopic (exact) mass is 490 g/mol. The molecule has 5 aliphatic rings. The second-order valence-corrected chi connectivity index (χ2v) is 12.0. The summed E-state index contributed by atoms with van der Waals surface area (Å²) in [6.45, 7) is 5.33. The first-order chi connectivity index (χ1) is 16.4. The van der Waals surface area contributed by atoms with Crippen molar-refractivity contribution < 1.29 is 38.8 Å². The lowest BCUT2D eigenvalue weighted by atomic mass is 9.41. The van der Waals surface area contributed by atoms with Crippen LogP contribution in [0.4, 0.5) is 0 Å². The highest BCUT2D eigenvalue weighted by Crippen LogP contribution is 2.70. The second kappa shape index (κ2) is 8.30. The Morgan fingerprint density at radius 1 is 1.03 bits per heavy atom. The molecule has 8 nitrogen and oxygen atoms in total. The maximum Gasteiger partial charge on any atom is 0.331 e. The van der Waals surface area contributed by atoms with E-state index >= 15 is 0 Å². The zero-order valence-electron chi connectivity index (χ0n) is 21.0. The standard InChI is InChI=1S/C27H38O8/c1-16(28)34-15-25-9-4-19(35-17(2)29)13-26(25,31)10-6-22-21(25)5-8-24(3)20(7-11-27(22,24)32)18-12-23(30)33-14-18/h12,19-22,31-32H,4-11,13-15H2,1-3H3. The predicted octanol–water partition coefficient (Wildman–Crippen LogP) is 2.83.